The van der Waals surface area contributed by atoms with Crippen LogP contribution in [0.1, 0.15) is 30.1 Å². The van der Waals surface area contributed by atoms with Gasteiger partial charge in [-0.05, 0) is 18.8 Å². The minimum absolute atomic E-state index is 0.0175. The van der Waals surface area contributed by atoms with Gasteiger partial charge in [-0.2, -0.15) is 0 Å². The number of aromatic nitrogens is 1. The van der Waals surface area contributed by atoms with E-state index in [-0.39, 0.29) is 28.9 Å². The number of carbonyl (C=O) groups is 1. The van der Waals surface area contributed by atoms with E-state index in [1.807, 2.05) is 6.92 Å². The van der Waals surface area contributed by atoms with E-state index in [0.29, 0.717) is 13.0 Å². The first-order chi connectivity index (χ1) is 9.45. The summed E-state index contributed by atoms with van der Waals surface area (Å²) in [7, 11) is 0. The topological polar surface area (TPSA) is 105 Å². The highest BCUT2D eigenvalue weighted by Crippen LogP contribution is 2.18. The zero-order valence-corrected chi connectivity index (χ0v) is 11.8. The van der Waals surface area contributed by atoms with Crippen LogP contribution in [-0.4, -0.2) is 34.1 Å². The molecule has 0 saturated carbocycles. The molecule has 0 aromatic carbocycles. The molecule has 1 aromatic heterocycles. The molecule has 0 radical (unpaired) electrons. The van der Waals surface area contributed by atoms with Crippen LogP contribution in [0.2, 0.25) is 5.15 Å². The standard InChI is InChI=1S/C12H16ClN3O4/c1-8(7-17)3-2-4-14-12(18)10-5-9(16(19)20)6-15-11(10)13/h5-6,8,17H,2-4,7H2,1H3,(H,14,18). The Morgan fingerprint density at radius 1 is 1.65 bits per heavy atom. The second-order valence-corrected chi connectivity index (χ2v) is 4.83. The van der Waals surface area contributed by atoms with Crippen molar-refractivity contribution < 1.29 is 14.8 Å². The molecule has 0 bridgehead atoms. The van der Waals surface area contributed by atoms with Crippen LogP contribution in [0.5, 0.6) is 0 Å². The Morgan fingerprint density at radius 2 is 2.35 bits per heavy atom. The third-order valence-corrected chi connectivity index (χ3v) is 3.05. The predicted molar refractivity (Wildman–Crippen MR) is 73.7 cm³/mol. The Balaban J connectivity index is 2.59. The largest absolute Gasteiger partial charge is 0.396 e. The Bertz CT molecular complexity index is 496. The molecule has 8 heteroatoms. The van der Waals surface area contributed by atoms with Gasteiger partial charge in [0.25, 0.3) is 11.6 Å². The van der Waals surface area contributed by atoms with Gasteiger partial charge in [0.1, 0.15) is 11.3 Å². The molecule has 1 rings (SSSR count). The number of pyridine rings is 1. The molecule has 0 aliphatic heterocycles. The number of hydrogen-bond donors (Lipinski definition) is 2. The fraction of sp³-hybridized carbons (Fsp3) is 0.500. The van der Waals surface area contributed by atoms with Gasteiger partial charge in [-0.15, -0.1) is 0 Å². The van der Waals surface area contributed by atoms with Crippen molar-refractivity contribution in [1.82, 2.24) is 10.3 Å². The maximum atomic E-state index is 11.8. The number of rotatable bonds is 7. The van der Waals surface area contributed by atoms with Gasteiger partial charge in [-0.1, -0.05) is 18.5 Å². The third kappa shape index (κ3) is 4.75. The average Bonchev–Trinajstić information content (AvgIpc) is 2.43. The molecule has 0 fully saturated rings. The van der Waals surface area contributed by atoms with Crippen LogP contribution in [0.15, 0.2) is 12.3 Å². The third-order valence-electron chi connectivity index (χ3n) is 2.75. The number of hydrogen-bond acceptors (Lipinski definition) is 5. The summed E-state index contributed by atoms with van der Waals surface area (Å²) in [5.74, 6) is -0.321. The summed E-state index contributed by atoms with van der Waals surface area (Å²) in [5.41, 5.74) is -0.301. The molecule has 0 saturated heterocycles. The lowest BCUT2D eigenvalue weighted by molar-refractivity contribution is -0.385. The van der Waals surface area contributed by atoms with Crippen molar-refractivity contribution in [3.8, 4) is 0 Å². The van der Waals surface area contributed by atoms with E-state index in [0.717, 1.165) is 18.7 Å². The van der Waals surface area contributed by atoms with Crippen LogP contribution in [0, 0.1) is 16.0 Å². The van der Waals surface area contributed by atoms with Crippen LogP contribution < -0.4 is 5.32 Å². The van der Waals surface area contributed by atoms with Crippen molar-refractivity contribution in [2.45, 2.75) is 19.8 Å². The minimum Gasteiger partial charge on any atom is -0.396 e. The number of aliphatic hydroxyl groups is 1. The Labute approximate surface area is 121 Å². The van der Waals surface area contributed by atoms with Gasteiger partial charge in [-0.3, -0.25) is 14.9 Å². The quantitative estimate of drug-likeness (QED) is 0.345. The highest BCUT2D eigenvalue weighted by atomic mass is 35.5. The summed E-state index contributed by atoms with van der Waals surface area (Å²) in [6.45, 7) is 2.42. The number of amides is 1. The monoisotopic (exact) mass is 301 g/mol. The SMILES string of the molecule is CC(CO)CCCNC(=O)c1cc([N+](=O)[O-])cnc1Cl. The van der Waals surface area contributed by atoms with Crippen molar-refractivity contribution in [3.05, 3.63) is 33.1 Å². The van der Waals surface area contributed by atoms with Crippen molar-refractivity contribution in [2.24, 2.45) is 5.92 Å². The average molecular weight is 302 g/mol. The van der Waals surface area contributed by atoms with E-state index in [1.54, 1.807) is 0 Å². The summed E-state index contributed by atoms with van der Waals surface area (Å²) in [6.07, 6.45) is 2.48. The molecular weight excluding hydrogens is 286 g/mol. The molecular formula is C12H16ClN3O4. The van der Waals surface area contributed by atoms with Gasteiger partial charge in [-0.25, -0.2) is 4.98 Å². The van der Waals surface area contributed by atoms with Crippen LogP contribution in [-0.2, 0) is 0 Å². The zero-order valence-electron chi connectivity index (χ0n) is 11.0. The first-order valence-corrected chi connectivity index (χ1v) is 6.52. The van der Waals surface area contributed by atoms with Crippen molar-refractivity contribution in [1.29, 1.82) is 0 Å². The van der Waals surface area contributed by atoms with Gasteiger partial charge in [0.05, 0.1) is 10.5 Å². The minimum atomic E-state index is -0.636. The van der Waals surface area contributed by atoms with Gasteiger partial charge in [0, 0.05) is 19.2 Å². The van der Waals surface area contributed by atoms with Crippen molar-refractivity contribution in [3.63, 3.8) is 0 Å². The lowest BCUT2D eigenvalue weighted by Gasteiger charge is -2.09. The molecule has 1 aromatic rings. The van der Waals surface area contributed by atoms with E-state index in [9.17, 15) is 14.9 Å². The molecule has 1 amide bonds. The van der Waals surface area contributed by atoms with Crippen LogP contribution >= 0.6 is 11.6 Å². The number of halogens is 1. The molecule has 0 aliphatic rings. The second kappa shape index (κ2) is 7.76. The lowest BCUT2D eigenvalue weighted by atomic mass is 10.1. The molecule has 2 N–H and O–H groups in total. The molecule has 0 aliphatic carbocycles. The first-order valence-electron chi connectivity index (χ1n) is 6.14. The highest BCUT2D eigenvalue weighted by Gasteiger charge is 2.16. The lowest BCUT2D eigenvalue weighted by Crippen LogP contribution is -2.25. The maximum absolute atomic E-state index is 11.8. The summed E-state index contributed by atoms with van der Waals surface area (Å²) >= 11 is 5.75. The Hall–Kier alpha value is -1.73. The van der Waals surface area contributed by atoms with Crippen LogP contribution in [0.25, 0.3) is 0 Å². The van der Waals surface area contributed by atoms with Crippen LogP contribution in [0.4, 0.5) is 5.69 Å². The van der Waals surface area contributed by atoms with Crippen molar-refractivity contribution >= 4 is 23.2 Å². The molecule has 1 atom stereocenters. The molecule has 110 valence electrons. The molecule has 0 spiro atoms. The van der Waals surface area contributed by atoms with E-state index in [2.05, 4.69) is 10.3 Å². The molecule has 1 heterocycles. The van der Waals surface area contributed by atoms with Gasteiger partial charge in [0.2, 0.25) is 0 Å². The Morgan fingerprint density at radius 3 is 2.95 bits per heavy atom. The van der Waals surface area contributed by atoms with Crippen LogP contribution in [0.3, 0.4) is 0 Å². The van der Waals surface area contributed by atoms with Gasteiger partial charge in [0.15, 0.2) is 0 Å². The summed E-state index contributed by atoms with van der Waals surface area (Å²) < 4.78 is 0. The summed E-state index contributed by atoms with van der Waals surface area (Å²) in [6, 6.07) is 1.10. The van der Waals surface area contributed by atoms with E-state index in [1.165, 1.54) is 0 Å². The number of aliphatic hydroxyl groups excluding tert-OH is 1. The smallest absolute Gasteiger partial charge is 0.288 e. The highest BCUT2D eigenvalue weighted by molar-refractivity contribution is 6.32. The second-order valence-electron chi connectivity index (χ2n) is 4.47. The summed E-state index contributed by atoms with van der Waals surface area (Å²) in [5, 5.41) is 22.0. The summed E-state index contributed by atoms with van der Waals surface area (Å²) in [4.78, 5) is 25.5. The van der Waals surface area contributed by atoms with E-state index >= 15 is 0 Å². The first kappa shape index (κ1) is 16.3. The number of nitrogens with one attached hydrogen (secondary N) is 1. The van der Waals surface area contributed by atoms with E-state index < -0.39 is 10.8 Å². The normalized spacial score (nSPS) is 11.9. The van der Waals surface area contributed by atoms with Gasteiger partial charge >= 0.3 is 0 Å². The maximum Gasteiger partial charge on any atom is 0.288 e. The molecule has 1 unspecified atom stereocenters. The molecule has 20 heavy (non-hydrogen) atoms. The number of nitro groups is 1. The van der Waals surface area contributed by atoms with Gasteiger partial charge < -0.3 is 10.4 Å². The number of carbonyl (C=O) groups excluding carboxylic acids is 1. The van der Waals surface area contributed by atoms with E-state index in [4.69, 9.17) is 16.7 Å². The predicted octanol–water partition coefficient (Wildman–Crippen LogP) is 1.78. The fourth-order valence-electron chi connectivity index (χ4n) is 1.54. The number of nitrogens with zero attached hydrogens (tertiary/aromatic N) is 2. The van der Waals surface area contributed by atoms with Crippen molar-refractivity contribution in [2.75, 3.05) is 13.2 Å². The molecule has 7 nitrogen and oxygen atoms in total. The zero-order chi connectivity index (χ0) is 15.1. The fourth-order valence-corrected chi connectivity index (χ4v) is 1.72. The Kier molecular flexibility index (Phi) is 6.33.